The predicted octanol–water partition coefficient (Wildman–Crippen LogP) is 1.90. The molecule has 6 nitrogen and oxygen atoms in total. The highest BCUT2D eigenvalue weighted by Crippen LogP contribution is 2.07. The second-order valence-corrected chi connectivity index (χ2v) is 4.46. The second kappa shape index (κ2) is 9.10. The van der Waals surface area contributed by atoms with E-state index in [1.807, 2.05) is 6.92 Å². The summed E-state index contributed by atoms with van der Waals surface area (Å²) in [6.07, 6.45) is 3.12. The van der Waals surface area contributed by atoms with E-state index in [2.05, 4.69) is 4.98 Å². The molecule has 1 aromatic heterocycles. The summed E-state index contributed by atoms with van der Waals surface area (Å²) < 4.78 is 24.6. The number of carbonyl (C=O) groups excluding carboxylic acids is 1. The summed E-state index contributed by atoms with van der Waals surface area (Å²) in [7, 11) is 0. The van der Waals surface area contributed by atoms with Gasteiger partial charge in [0.15, 0.2) is 0 Å². The van der Waals surface area contributed by atoms with Crippen LogP contribution in [0.2, 0.25) is 0 Å². The topological polar surface area (TPSA) is 70.4 Å². The molecular weight excluding hydrogens is 279 g/mol. The van der Waals surface area contributed by atoms with E-state index in [1.54, 1.807) is 6.92 Å². The second-order valence-electron chi connectivity index (χ2n) is 4.46. The Morgan fingerprint density at radius 2 is 2.14 bits per heavy atom. The highest BCUT2D eigenvalue weighted by molar-refractivity contribution is 5.69. The molecule has 7 heteroatoms. The average Bonchev–Trinajstić information content (AvgIpc) is 2.46. The molecule has 0 fully saturated rings. The average molecular weight is 300 g/mol. The van der Waals surface area contributed by atoms with Gasteiger partial charge in [-0.2, -0.15) is 4.39 Å². The highest BCUT2D eigenvalue weighted by Gasteiger charge is 2.12. The Bertz CT molecular complexity index is 516. The Hall–Kier alpha value is -1.92. The van der Waals surface area contributed by atoms with E-state index in [1.165, 1.54) is 0 Å². The third-order valence-electron chi connectivity index (χ3n) is 2.77. The van der Waals surface area contributed by atoms with Gasteiger partial charge < -0.3 is 9.47 Å². The van der Waals surface area contributed by atoms with Gasteiger partial charge >= 0.3 is 5.97 Å². The van der Waals surface area contributed by atoms with Crippen molar-refractivity contribution >= 4 is 5.97 Å². The van der Waals surface area contributed by atoms with Gasteiger partial charge in [-0.05, 0) is 19.8 Å². The fraction of sp³-hybridized carbons (Fsp3) is 0.643. The summed E-state index contributed by atoms with van der Waals surface area (Å²) in [6.45, 7) is 4.61. The van der Waals surface area contributed by atoms with Crippen LogP contribution < -0.4 is 10.3 Å². The van der Waals surface area contributed by atoms with Crippen LogP contribution in [0.3, 0.4) is 0 Å². The van der Waals surface area contributed by atoms with Crippen LogP contribution >= 0.6 is 0 Å². The fourth-order valence-electron chi connectivity index (χ4n) is 1.69. The van der Waals surface area contributed by atoms with Crippen molar-refractivity contribution in [2.24, 2.45) is 0 Å². The number of nitrogens with zero attached hydrogens (tertiary/aromatic N) is 2. The van der Waals surface area contributed by atoms with Crippen molar-refractivity contribution in [3.8, 4) is 6.01 Å². The number of aromatic nitrogens is 2. The molecule has 0 aliphatic carbocycles. The zero-order chi connectivity index (χ0) is 15.7. The van der Waals surface area contributed by atoms with Crippen molar-refractivity contribution < 1.29 is 18.7 Å². The minimum atomic E-state index is -0.936. The van der Waals surface area contributed by atoms with Gasteiger partial charge in [-0.15, -0.1) is 0 Å². The quantitative estimate of drug-likeness (QED) is 0.514. The summed E-state index contributed by atoms with van der Waals surface area (Å²) in [6, 6.07) is 0.0821. The smallest absolute Gasteiger partial charge is 0.305 e. The van der Waals surface area contributed by atoms with Crippen molar-refractivity contribution in [2.75, 3.05) is 13.2 Å². The Morgan fingerprint density at radius 1 is 1.38 bits per heavy atom. The van der Waals surface area contributed by atoms with Crippen LogP contribution in [0, 0.1) is 5.82 Å². The van der Waals surface area contributed by atoms with E-state index in [0.717, 1.165) is 23.6 Å². The van der Waals surface area contributed by atoms with Crippen LogP contribution in [0.5, 0.6) is 6.01 Å². The van der Waals surface area contributed by atoms with E-state index in [4.69, 9.17) is 9.47 Å². The van der Waals surface area contributed by atoms with Gasteiger partial charge in [0.25, 0.3) is 11.6 Å². The molecule has 0 saturated heterocycles. The number of halogens is 1. The number of hydrogen-bond acceptors (Lipinski definition) is 5. The van der Waals surface area contributed by atoms with Crippen LogP contribution in [-0.4, -0.2) is 28.7 Å². The maximum atomic E-state index is 13.3. The lowest BCUT2D eigenvalue weighted by atomic mass is 10.3. The van der Waals surface area contributed by atoms with Gasteiger partial charge in [-0.1, -0.05) is 13.3 Å². The lowest BCUT2D eigenvalue weighted by Gasteiger charge is -2.12. The maximum Gasteiger partial charge on any atom is 0.305 e. The summed E-state index contributed by atoms with van der Waals surface area (Å²) >= 11 is 0. The summed E-state index contributed by atoms with van der Waals surface area (Å²) in [5, 5.41) is 0. The van der Waals surface area contributed by atoms with Crippen LogP contribution in [0.25, 0.3) is 0 Å². The van der Waals surface area contributed by atoms with Crippen molar-refractivity contribution in [3.63, 3.8) is 0 Å². The van der Waals surface area contributed by atoms with E-state index in [9.17, 15) is 14.0 Å². The molecule has 1 rings (SSSR count). The third-order valence-corrected chi connectivity index (χ3v) is 2.77. The zero-order valence-corrected chi connectivity index (χ0v) is 12.4. The molecule has 0 spiro atoms. The van der Waals surface area contributed by atoms with Crippen molar-refractivity contribution in [2.45, 2.75) is 46.1 Å². The molecule has 0 saturated carbocycles. The normalized spacial score (nSPS) is 10.4. The molecule has 1 aromatic rings. The lowest BCUT2D eigenvalue weighted by molar-refractivity contribution is -0.143. The van der Waals surface area contributed by atoms with Gasteiger partial charge in [0.2, 0.25) is 5.82 Å². The molecule has 0 aliphatic heterocycles. The molecule has 21 heavy (non-hydrogen) atoms. The van der Waals surface area contributed by atoms with E-state index in [-0.39, 0.29) is 24.9 Å². The van der Waals surface area contributed by atoms with E-state index < -0.39 is 11.4 Å². The van der Waals surface area contributed by atoms with Crippen molar-refractivity contribution in [3.05, 3.63) is 22.4 Å². The van der Waals surface area contributed by atoms with Crippen LogP contribution in [0.4, 0.5) is 4.39 Å². The summed E-state index contributed by atoms with van der Waals surface area (Å²) in [4.78, 5) is 26.8. The molecule has 0 N–H and O–H groups in total. The fourth-order valence-corrected chi connectivity index (χ4v) is 1.69. The highest BCUT2D eigenvalue weighted by atomic mass is 19.1. The Balaban J connectivity index is 2.71. The van der Waals surface area contributed by atoms with Crippen LogP contribution in [0.15, 0.2) is 11.0 Å². The third kappa shape index (κ3) is 5.53. The molecule has 0 aliphatic rings. The van der Waals surface area contributed by atoms with Crippen LogP contribution in [-0.2, 0) is 16.1 Å². The first-order chi connectivity index (χ1) is 10.1. The predicted molar refractivity (Wildman–Crippen MR) is 74.7 cm³/mol. The molecule has 0 bridgehead atoms. The van der Waals surface area contributed by atoms with Crippen molar-refractivity contribution in [1.82, 2.24) is 9.55 Å². The molecule has 0 aromatic carbocycles. The molecule has 0 unspecified atom stereocenters. The number of carbonyl (C=O) groups is 1. The molecule has 0 radical (unpaired) electrons. The number of esters is 1. The molecular formula is C14H21FN2O4. The van der Waals surface area contributed by atoms with Gasteiger partial charge in [0.05, 0.1) is 19.4 Å². The van der Waals surface area contributed by atoms with Gasteiger partial charge in [-0.3, -0.25) is 14.2 Å². The minimum Gasteiger partial charge on any atom is -0.466 e. The van der Waals surface area contributed by atoms with Crippen LogP contribution in [0.1, 0.15) is 39.5 Å². The monoisotopic (exact) mass is 300 g/mol. The first kappa shape index (κ1) is 17.1. The summed E-state index contributed by atoms with van der Waals surface area (Å²) in [5.74, 6) is -1.28. The number of unbranched alkanes of at least 4 members (excludes halogenated alkanes) is 1. The minimum absolute atomic E-state index is 0.0821. The number of rotatable bonds is 9. The Labute approximate surface area is 122 Å². The Morgan fingerprint density at radius 3 is 2.81 bits per heavy atom. The molecule has 0 amide bonds. The van der Waals surface area contributed by atoms with E-state index >= 15 is 0 Å². The maximum absolute atomic E-state index is 13.3. The first-order valence-electron chi connectivity index (χ1n) is 7.13. The number of hydrogen-bond donors (Lipinski definition) is 0. The standard InChI is InChI=1S/C14H21FN2O4/c1-3-5-9-21-14-16-10-11(15)13(19)17(14)8-6-7-12(18)20-4-2/h10H,3-9H2,1-2H3. The number of ether oxygens (including phenoxy) is 2. The van der Waals surface area contributed by atoms with Crippen molar-refractivity contribution in [1.29, 1.82) is 0 Å². The Kier molecular flexibility index (Phi) is 7.42. The SMILES string of the molecule is CCCCOc1ncc(F)c(=O)n1CCCC(=O)OCC. The summed E-state index contributed by atoms with van der Waals surface area (Å²) in [5.41, 5.74) is -0.791. The lowest BCUT2D eigenvalue weighted by Crippen LogP contribution is -2.26. The molecule has 0 atom stereocenters. The van der Waals surface area contributed by atoms with E-state index in [0.29, 0.717) is 19.6 Å². The van der Waals surface area contributed by atoms with Gasteiger partial charge in [0, 0.05) is 13.0 Å². The first-order valence-corrected chi connectivity index (χ1v) is 7.13. The molecule has 1 heterocycles. The largest absolute Gasteiger partial charge is 0.466 e. The zero-order valence-electron chi connectivity index (χ0n) is 12.4. The van der Waals surface area contributed by atoms with Gasteiger partial charge in [-0.25, -0.2) is 4.98 Å². The molecule has 118 valence electrons. The van der Waals surface area contributed by atoms with Gasteiger partial charge in [0.1, 0.15) is 0 Å².